The molecular formula is C26H29Cl3N2O2. The van der Waals surface area contributed by atoms with E-state index in [4.69, 9.17) is 50.0 Å². The fourth-order valence-electron chi connectivity index (χ4n) is 4.40. The molecule has 1 aliphatic carbocycles. The highest BCUT2D eigenvalue weighted by molar-refractivity contribution is 6.42. The molecule has 1 saturated heterocycles. The Morgan fingerprint density at radius 3 is 2.39 bits per heavy atom. The summed E-state index contributed by atoms with van der Waals surface area (Å²) in [5.74, 6) is 0. The van der Waals surface area contributed by atoms with Gasteiger partial charge in [-0.1, -0.05) is 70.7 Å². The van der Waals surface area contributed by atoms with Crippen molar-refractivity contribution in [3.63, 3.8) is 0 Å². The predicted molar refractivity (Wildman–Crippen MR) is 136 cm³/mol. The van der Waals surface area contributed by atoms with E-state index < -0.39 is 5.60 Å². The molecule has 176 valence electrons. The SMILES string of the molecule is NCC1=CC=C(COC2(c3ccc(Cl)cc3)CCNCC2OCc2ccc(Cl)c(Cl)c2)CC1. The van der Waals surface area contributed by atoms with E-state index in [1.54, 1.807) is 6.07 Å². The van der Waals surface area contributed by atoms with Crippen molar-refractivity contribution in [1.82, 2.24) is 5.32 Å². The summed E-state index contributed by atoms with van der Waals surface area (Å²) < 4.78 is 13.2. The standard InChI is InChI=1S/C26H29Cl3N2O2/c27-22-8-6-21(7-9-22)26(33-17-19-3-1-18(14-30)2-4-19)11-12-31-15-25(26)32-16-20-5-10-23(28)24(29)13-20/h1,3,5-10,13,25,31H,2,4,11-12,14-17,30H2. The van der Waals surface area contributed by atoms with Gasteiger partial charge in [0.2, 0.25) is 0 Å². The van der Waals surface area contributed by atoms with Crippen LogP contribution in [0.15, 0.2) is 65.8 Å². The minimum Gasteiger partial charge on any atom is -0.369 e. The molecule has 2 aliphatic rings. The first-order valence-electron chi connectivity index (χ1n) is 11.2. The van der Waals surface area contributed by atoms with Crippen molar-refractivity contribution in [3.05, 3.63) is 92.0 Å². The Kier molecular flexibility index (Phi) is 8.53. The number of benzene rings is 2. The highest BCUT2D eigenvalue weighted by Crippen LogP contribution is 2.39. The minimum atomic E-state index is -0.593. The molecule has 1 fully saturated rings. The molecule has 1 aliphatic heterocycles. The van der Waals surface area contributed by atoms with Crippen molar-refractivity contribution in [2.45, 2.75) is 37.6 Å². The monoisotopic (exact) mass is 506 g/mol. The van der Waals surface area contributed by atoms with Crippen LogP contribution < -0.4 is 11.1 Å². The summed E-state index contributed by atoms with van der Waals surface area (Å²) in [6.07, 6.45) is 6.82. The molecule has 2 atom stereocenters. The number of nitrogens with two attached hydrogens (primary N) is 1. The van der Waals surface area contributed by atoms with Gasteiger partial charge in [-0.15, -0.1) is 0 Å². The van der Waals surface area contributed by atoms with Crippen molar-refractivity contribution in [3.8, 4) is 0 Å². The van der Waals surface area contributed by atoms with Crippen LogP contribution in [0.3, 0.4) is 0 Å². The van der Waals surface area contributed by atoms with Gasteiger partial charge in [-0.05, 0) is 66.8 Å². The highest BCUT2D eigenvalue weighted by Gasteiger charge is 2.44. The van der Waals surface area contributed by atoms with Crippen LogP contribution in [0.2, 0.25) is 15.1 Å². The second-order valence-electron chi connectivity index (χ2n) is 8.54. The van der Waals surface area contributed by atoms with Crippen LogP contribution in [0, 0.1) is 0 Å². The number of halogens is 3. The number of ether oxygens (including phenoxy) is 2. The number of rotatable bonds is 8. The predicted octanol–water partition coefficient (Wildman–Crippen LogP) is 6.04. The Labute approximate surface area is 210 Å². The van der Waals surface area contributed by atoms with E-state index in [9.17, 15) is 0 Å². The molecule has 0 amide bonds. The normalized spacial score (nSPS) is 23.2. The van der Waals surface area contributed by atoms with Crippen molar-refractivity contribution in [2.24, 2.45) is 5.73 Å². The van der Waals surface area contributed by atoms with Crippen LogP contribution in [0.5, 0.6) is 0 Å². The molecule has 0 aromatic heterocycles. The first-order chi connectivity index (χ1) is 16.0. The van der Waals surface area contributed by atoms with Gasteiger partial charge >= 0.3 is 0 Å². The molecule has 4 rings (SSSR count). The van der Waals surface area contributed by atoms with Crippen molar-refractivity contribution in [1.29, 1.82) is 0 Å². The van der Waals surface area contributed by atoms with E-state index in [1.807, 2.05) is 36.4 Å². The fraction of sp³-hybridized carbons (Fsp3) is 0.385. The Hall–Kier alpha value is -1.37. The first-order valence-corrected chi connectivity index (χ1v) is 12.4. The maximum atomic E-state index is 6.76. The van der Waals surface area contributed by atoms with Gasteiger partial charge in [0.1, 0.15) is 11.7 Å². The summed E-state index contributed by atoms with van der Waals surface area (Å²) in [6.45, 7) is 3.08. The lowest BCUT2D eigenvalue weighted by Crippen LogP contribution is -2.54. The van der Waals surface area contributed by atoms with Gasteiger partial charge < -0.3 is 20.5 Å². The third kappa shape index (κ3) is 6.01. The lowest BCUT2D eigenvalue weighted by molar-refractivity contribution is -0.165. The molecule has 3 N–H and O–H groups in total. The highest BCUT2D eigenvalue weighted by atomic mass is 35.5. The summed E-state index contributed by atoms with van der Waals surface area (Å²) in [5.41, 5.74) is 9.77. The lowest BCUT2D eigenvalue weighted by Gasteiger charge is -2.44. The largest absolute Gasteiger partial charge is 0.369 e. The van der Waals surface area contributed by atoms with Crippen LogP contribution in [0.4, 0.5) is 0 Å². The molecule has 2 aromatic carbocycles. The zero-order chi connectivity index (χ0) is 23.3. The molecule has 2 unspecified atom stereocenters. The molecule has 7 heteroatoms. The Morgan fingerprint density at radius 1 is 0.939 bits per heavy atom. The van der Waals surface area contributed by atoms with Crippen LogP contribution in [-0.2, 0) is 21.7 Å². The minimum absolute atomic E-state index is 0.193. The molecular weight excluding hydrogens is 479 g/mol. The number of nitrogens with one attached hydrogen (secondary N) is 1. The molecule has 4 nitrogen and oxygen atoms in total. The maximum absolute atomic E-state index is 6.76. The first kappa shape index (κ1) is 24.7. The van der Waals surface area contributed by atoms with Gasteiger partial charge in [-0.25, -0.2) is 0 Å². The number of allylic oxidation sites excluding steroid dienone is 2. The quantitative estimate of drug-likeness (QED) is 0.457. The second-order valence-corrected chi connectivity index (χ2v) is 9.79. The molecule has 2 aromatic rings. The van der Waals surface area contributed by atoms with E-state index in [0.29, 0.717) is 41.4 Å². The van der Waals surface area contributed by atoms with Gasteiger partial charge in [0.25, 0.3) is 0 Å². The Bertz CT molecular complexity index is 1020. The Balaban J connectivity index is 1.58. The fourth-order valence-corrected chi connectivity index (χ4v) is 4.85. The zero-order valence-corrected chi connectivity index (χ0v) is 20.7. The number of hydrogen-bond donors (Lipinski definition) is 2. The zero-order valence-electron chi connectivity index (χ0n) is 18.5. The third-order valence-electron chi connectivity index (χ3n) is 6.39. The van der Waals surface area contributed by atoms with Gasteiger partial charge in [0.15, 0.2) is 0 Å². The average molecular weight is 508 g/mol. The van der Waals surface area contributed by atoms with Gasteiger partial charge in [-0.2, -0.15) is 0 Å². The average Bonchev–Trinajstić information content (AvgIpc) is 2.85. The van der Waals surface area contributed by atoms with E-state index in [2.05, 4.69) is 17.5 Å². The maximum Gasteiger partial charge on any atom is 0.122 e. The van der Waals surface area contributed by atoms with Gasteiger partial charge in [0.05, 0.1) is 23.3 Å². The van der Waals surface area contributed by atoms with Crippen LogP contribution >= 0.6 is 34.8 Å². The van der Waals surface area contributed by atoms with E-state index >= 15 is 0 Å². The molecule has 33 heavy (non-hydrogen) atoms. The Morgan fingerprint density at radius 2 is 1.70 bits per heavy atom. The summed E-state index contributed by atoms with van der Waals surface area (Å²) in [5, 5.41) is 5.22. The van der Waals surface area contributed by atoms with E-state index in [0.717, 1.165) is 36.9 Å². The van der Waals surface area contributed by atoms with Crippen LogP contribution in [0.1, 0.15) is 30.4 Å². The van der Waals surface area contributed by atoms with E-state index in [-0.39, 0.29) is 6.10 Å². The van der Waals surface area contributed by atoms with E-state index in [1.165, 1.54) is 11.1 Å². The third-order valence-corrected chi connectivity index (χ3v) is 7.38. The molecule has 0 saturated carbocycles. The lowest BCUT2D eigenvalue weighted by atomic mass is 9.82. The summed E-state index contributed by atoms with van der Waals surface area (Å²) in [7, 11) is 0. The number of piperidine rings is 1. The van der Waals surface area contributed by atoms with Gasteiger partial charge in [0, 0.05) is 18.1 Å². The molecule has 0 spiro atoms. The smallest absolute Gasteiger partial charge is 0.122 e. The number of hydrogen-bond acceptors (Lipinski definition) is 4. The van der Waals surface area contributed by atoms with Crippen molar-refractivity contribution >= 4 is 34.8 Å². The molecule has 1 heterocycles. The van der Waals surface area contributed by atoms with Crippen LogP contribution in [-0.4, -0.2) is 32.3 Å². The molecule has 0 radical (unpaired) electrons. The van der Waals surface area contributed by atoms with Gasteiger partial charge in [-0.3, -0.25) is 0 Å². The summed E-state index contributed by atoms with van der Waals surface area (Å²) in [6, 6.07) is 13.5. The topological polar surface area (TPSA) is 56.5 Å². The summed E-state index contributed by atoms with van der Waals surface area (Å²) >= 11 is 18.5. The van der Waals surface area contributed by atoms with Crippen molar-refractivity contribution in [2.75, 3.05) is 26.2 Å². The molecule has 0 bridgehead atoms. The summed E-state index contributed by atoms with van der Waals surface area (Å²) in [4.78, 5) is 0. The van der Waals surface area contributed by atoms with Crippen molar-refractivity contribution < 1.29 is 9.47 Å². The van der Waals surface area contributed by atoms with Crippen LogP contribution in [0.25, 0.3) is 0 Å². The second kappa shape index (κ2) is 11.4.